The Morgan fingerprint density at radius 3 is 2.49 bits per heavy atom. The minimum Gasteiger partial charge on any atom is -0.504 e. The molecule has 14 heteroatoms. The van der Waals surface area contributed by atoms with Crippen LogP contribution in [0.4, 0.5) is 5.69 Å². The van der Waals surface area contributed by atoms with Gasteiger partial charge in [0.25, 0.3) is 5.91 Å². The van der Waals surface area contributed by atoms with Gasteiger partial charge in [-0.3, -0.25) is 19.4 Å². The van der Waals surface area contributed by atoms with E-state index in [2.05, 4.69) is 32.2 Å². The number of benzene rings is 3. The minimum atomic E-state index is -2.33. The maximum atomic E-state index is 15.4. The molecule has 3 fully saturated rings. The Hall–Kier alpha value is -5.12. The number of methoxy groups -OCH3 is 2. The molecule has 1 aromatic heterocycles. The van der Waals surface area contributed by atoms with E-state index in [9.17, 15) is 25.5 Å². The molecule has 10 atom stereocenters. The van der Waals surface area contributed by atoms with E-state index >= 15 is 9.59 Å². The second-order valence-corrected chi connectivity index (χ2v) is 20.0. The lowest BCUT2D eigenvalue weighted by Crippen LogP contribution is -2.81. The number of carbonyl (C=O) groups is 2. The fraction of sp³-hybridized carbons (Fsp3) is 0.529. The van der Waals surface area contributed by atoms with Crippen molar-refractivity contribution in [3.05, 3.63) is 94.7 Å². The lowest BCUT2D eigenvalue weighted by atomic mass is 9.47. The van der Waals surface area contributed by atoms with E-state index in [4.69, 9.17) is 9.47 Å². The van der Waals surface area contributed by atoms with Crippen molar-refractivity contribution >= 4 is 28.5 Å². The summed E-state index contributed by atoms with van der Waals surface area (Å²) in [6.45, 7) is 7.36. The number of phenolic OH excluding ortho intramolecular Hbond substituents is 2. The number of rotatable bonds is 9. The largest absolute Gasteiger partial charge is 0.504 e. The first-order valence-electron chi connectivity index (χ1n) is 23.4. The molecule has 1 spiro atoms. The van der Waals surface area contributed by atoms with Crippen LogP contribution in [-0.4, -0.2) is 142 Å². The van der Waals surface area contributed by atoms with Gasteiger partial charge in [-0.15, -0.1) is 0 Å². The molecule has 4 aromatic rings. The van der Waals surface area contributed by atoms with Gasteiger partial charge in [0, 0.05) is 90.6 Å². The van der Waals surface area contributed by atoms with Crippen LogP contribution in [0.5, 0.6) is 17.2 Å². The van der Waals surface area contributed by atoms with Gasteiger partial charge in [0.2, 0.25) is 0 Å². The Morgan fingerprint density at radius 2 is 1.75 bits per heavy atom. The number of ether oxygens (including phenoxy) is 2. The molecule has 3 aromatic carbocycles. The van der Waals surface area contributed by atoms with Crippen molar-refractivity contribution in [1.82, 2.24) is 20.1 Å². The van der Waals surface area contributed by atoms with E-state index < -0.39 is 51.5 Å². The summed E-state index contributed by atoms with van der Waals surface area (Å²) in [6.07, 6.45) is 5.89. The number of piperidine rings is 1. The van der Waals surface area contributed by atoms with Crippen molar-refractivity contribution in [2.24, 2.45) is 11.3 Å². The first kappa shape index (κ1) is 43.8. The highest BCUT2D eigenvalue weighted by molar-refractivity contribution is 5.95. The molecule has 5 aliphatic heterocycles. The number of hydrogen-bond donors (Lipinski definition) is 7. The maximum Gasteiger partial charge on any atom is 0.322 e. The number of anilines is 1. The zero-order chi connectivity index (χ0) is 45.8. The molecule has 10 rings (SSSR count). The number of nitrogens with one attached hydrogen (secondary N) is 2. The quantitative estimate of drug-likeness (QED) is 0.0728. The molecular formula is C51H63N5O9. The van der Waals surface area contributed by atoms with Crippen LogP contribution in [0.15, 0.2) is 66.7 Å². The summed E-state index contributed by atoms with van der Waals surface area (Å²) in [5, 5.41) is 62.4. The van der Waals surface area contributed by atoms with Crippen LogP contribution >= 0.6 is 0 Å². The van der Waals surface area contributed by atoms with Gasteiger partial charge in [-0.05, 0) is 98.4 Å². The molecular weight excluding hydrogens is 827 g/mol. The molecule has 346 valence electrons. The number of H-pyrrole nitrogens is 1. The van der Waals surface area contributed by atoms with Gasteiger partial charge in [-0.2, -0.15) is 0 Å². The fourth-order valence-electron chi connectivity index (χ4n) is 14.2. The van der Waals surface area contributed by atoms with Crippen molar-refractivity contribution in [2.45, 2.75) is 99.0 Å². The van der Waals surface area contributed by atoms with Crippen molar-refractivity contribution in [2.75, 3.05) is 65.4 Å². The summed E-state index contributed by atoms with van der Waals surface area (Å²) in [6, 6.07) is 15.4. The normalized spacial score (nSPS) is 34.7. The number of likely N-dealkylation sites (N-methyl/N-ethyl adjacent to an activating group) is 1. The van der Waals surface area contributed by atoms with E-state index in [0.29, 0.717) is 94.5 Å². The van der Waals surface area contributed by atoms with Crippen LogP contribution in [0.25, 0.3) is 10.9 Å². The van der Waals surface area contributed by atoms with Crippen LogP contribution in [0.3, 0.4) is 0 Å². The van der Waals surface area contributed by atoms with Gasteiger partial charge in [0.15, 0.2) is 17.1 Å². The number of aliphatic hydroxyl groups is 3. The van der Waals surface area contributed by atoms with Crippen molar-refractivity contribution in [1.29, 1.82) is 0 Å². The van der Waals surface area contributed by atoms with Crippen LogP contribution in [-0.2, 0) is 38.0 Å². The van der Waals surface area contributed by atoms with E-state index in [-0.39, 0.29) is 30.0 Å². The summed E-state index contributed by atoms with van der Waals surface area (Å²) in [7, 11) is 4.90. The van der Waals surface area contributed by atoms with E-state index in [1.54, 1.807) is 13.2 Å². The van der Waals surface area contributed by atoms with Gasteiger partial charge in [0.05, 0.1) is 25.9 Å². The second kappa shape index (κ2) is 15.5. The molecule has 6 heterocycles. The molecule has 0 radical (unpaired) electrons. The topological polar surface area (TPSA) is 191 Å². The number of aliphatic hydroxyl groups excluding tert-OH is 1. The second-order valence-electron chi connectivity index (χ2n) is 20.0. The summed E-state index contributed by atoms with van der Waals surface area (Å²) in [5.41, 5.74) is -1.13. The lowest BCUT2D eigenvalue weighted by molar-refractivity contribution is -0.203. The van der Waals surface area contributed by atoms with E-state index in [0.717, 1.165) is 33.4 Å². The number of aromatic nitrogens is 1. The van der Waals surface area contributed by atoms with E-state index in [1.807, 2.05) is 62.2 Å². The predicted molar refractivity (Wildman–Crippen MR) is 245 cm³/mol. The number of para-hydroxylation sites is 1. The number of amides is 1. The number of nitrogens with zero attached hydrogens (tertiary/aromatic N) is 3. The van der Waals surface area contributed by atoms with Gasteiger partial charge in [-0.1, -0.05) is 50.3 Å². The van der Waals surface area contributed by atoms with Crippen LogP contribution in [0.2, 0.25) is 0 Å². The summed E-state index contributed by atoms with van der Waals surface area (Å²) in [5.74, 6) is -1.33. The molecule has 65 heavy (non-hydrogen) atoms. The number of fused-ring (bicyclic) bond motifs is 6. The number of hydrogen-bond acceptors (Lipinski definition) is 12. The third kappa shape index (κ3) is 6.02. The predicted octanol–water partition coefficient (Wildman–Crippen LogP) is 4.02. The average molecular weight is 890 g/mol. The van der Waals surface area contributed by atoms with Gasteiger partial charge >= 0.3 is 5.97 Å². The zero-order valence-corrected chi connectivity index (χ0v) is 38.1. The summed E-state index contributed by atoms with van der Waals surface area (Å²) >= 11 is 0. The molecule has 1 aliphatic carbocycles. The zero-order valence-electron chi connectivity index (χ0n) is 38.1. The molecule has 14 nitrogen and oxygen atoms in total. The lowest BCUT2D eigenvalue weighted by Gasteiger charge is -2.63. The molecule has 2 bridgehead atoms. The minimum absolute atomic E-state index is 0.0944. The number of aromatic hydroxyl groups is 2. The Kier molecular flexibility index (Phi) is 10.4. The number of esters is 1. The molecule has 1 unspecified atom stereocenters. The van der Waals surface area contributed by atoms with E-state index in [1.165, 1.54) is 19.2 Å². The molecule has 2 saturated heterocycles. The van der Waals surface area contributed by atoms with Gasteiger partial charge < -0.3 is 50.2 Å². The van der Waals surface area contributed by atoms with Gasteiger partial charge in [0.1, 0.15) is 17.3 Å². The number of aromatic amines is 1. The Bertz CT molecular complexity index is 2600. The van der Waals surface area contributed by atoms with Crippen LogP contribution in [0.1, 0.15) is 73.9 Å². The SMILES string of the molecule is CC[C@]1(O)C[C@H]2CN(CCc3c([nH]c4ccccc34)[C@@](C(=O)OC)(c3cc4c(cc3OC)N(C)[C@H]3[C@@](O)(C(=O)NCCc5ccc(O)c(O)c5)[C@H](O)[C@]5(CC)C=CCN6CC[C@]43[C@@H]65)C2)C1. The first-order chi connectivity index (χ1) is 31.1. The molecule has 1 saturated carbocycles. The van der Waals surface area contributed by atoms with Crippen LogP contribution < -0.4 is 15.0 Å². The summed E-state index contributed by atoms with van der Waals surface area (Å²) < 4.78 is 12.4. The Labute approximate surface area is 379 Å². The van der Waals surface area contributed by atoms with Crippen molar-refractivity contribution < 1.29 is 44.6 Å². The number of carbonyl (C=O) groups excluding carboxylic acids is 2. The fourth-order valence-corrected chi connectivity index (χ4v) is 14.2. The van der Waals surface area contributed by atoms with Crippen molar-refractivity contribution in [3.8, 4) is 17.2 Å². The third-order valence-corrected chi connectivity index (χ3v) is 16.9. The monoisotopic (exact) mass is 889 g/mol. The third-order valence-electron chi connectivity index (χ3n) is 16.9. The average Bonchev–Trinajstić information content (AvgIpc) is 3.97. The highest BCUT2D eigenvalue weighted by Crippen LogP contribution is 2.67. The maximum absolute atomic E-state index is 15.4. The standard InChI is InChI=1S/C51H63N5O9/c1-6-47(62)26-31-27-50(46(61)65-5,41-33(16-21-55(28-31)29-47)32-11-8-9-12-36(32)53-41)35-24-34-37(25-40(35)64-4)54(3)43-49(34)18-22-56-20-10-17-48(7-2,42(49)56)44(59)51(43,63)45(60)52-19-15-30-13-14-38(57)39(58)23-30/h8-14,17,23-25,31,42-44,53,57-59,62-63H,6-7,15-16,18-22,26-29H2,1-5H3,(H,52,60)/t31-,42+,43-,44-,47+,48-,49-,50+,51+/m1/s1. The molecule has 7 N–H and O–H groups in total. The highest BCUT2D eigenvalue weighted by atomic mass is 16.5. The smallest absolute Gasteiger partial charge is 0.322 e. The first-order valence-corrected chi connectivity index (χ1v) is 23.4. The highest BCUT2D eigenvalue weighted by Gasteiger charge is 2.78. The molecule has 1 amide bonds. The van der Waals surface area contributed by atoms with Gasteiger partial charge in [-0.25, -0.2) is 0 Å². The molecule has 6 aliphatic rings. The number of phenols is 2. The van der Waals surface area contributed by atoms with Crippen molar-refractivity contribution in [3.63, 3.8) is 0 Å². The summed E-state index contributed by atoms with van der Waals surface area (Å²) in [4.78, 5) is 40.9. The van der Waals surface area contributed by atoms with Crippen LogP contribution in [0, 0.1) is 11.3 Å². The Balaban J connectivity index is 1.19. The Morgan fingerprint density at radius 1 is 0.954 bits per heavy atom.